The minimum Gasteiger partial charge on any atom is -0.493 e. The minimum absolute atomic E-state index is 0.292. The number of allylic oxidation sites excluding steroid dienone is 3. The summed E-state index contributed by atoms with van der Waals surface area (Å²) in [5, 5.41) is 0. The first-order valence-electron chi connectivity index (χ1n) is 11.3. The highest BCUT2D eigenvalue weighted by Crippen LogP contribution is 2.29. The van der Waals surface area contributed by atoms with Crippen LogP contribution in [0.4, 0.5) is 0 Å². The lowest BCUT2D eigenvalue weighted by Gasteiger charge is -2.11. The van der Waals surface area contributed by atoms with E-state index in [0.717, 1.165) is 28.3 Å². The van der Waals surface area contributed by atoms with E-state index in [4.69, 9.17) is 14.5 Å². The Hall–Kier alpha value is -4.32. The number of nitrogens with zero attached hydrogens (tertiary/aromatic N) is 3. The van der Waals surface area contributed by atoms with E-state index in [-0.39, 0.29) is 5.97 Å². The third kappa shape index (κ3) is 7.33. The van der Waals surface area contributed by atoms with E-state index in [0.29, 0.717) is 36.6 Å². The van der Waals surface area contributed by atoms with E-state index in [1.165, 1.54) is 0 Å². The van der Waals surface area contributed by atoms with Crippen LogP contribution in [0.1, 0.15) is 26.0 Å². The van der Waals surface area contributed by atoms with E-state index < -0.39 is 0 Å². The molecule has 6 heteroatoms. The topological polar surface area (TPSA) is 73.7 Å². The van der Waals surface area contributed by atoms with Gasteiger partial charge >= 0.3 is 5.97 Å². The summed E-state index contributed by atoms with van der Waals surface area (Å²) in [6.45, 7) is 11.6. The van der Waals surface area contributed by atoms with Gasteiger partial charge in [-0.15, -0.1) is 0 Å². The fourth-order valence-corrected chi connectivity index (χ4v) is 3.16. The molecule has 0 aliphatic rings. The number of hydrogen-bond donors (Lipinski definition) is 0. The third-order valence-electron chi connectivity index (χ3n) is 4.96. The number of pyridine rings is 2. The van der Waals surface area contributed by atoms with Crippen molar-refractivity contribution in [3.63, 3.8) is 0 Å². The minimum atomic E-state index is -0.383. The molecule has 2 heterocycles. The largest absolute Gasteiger partial charge is 0.493 e. The summed E-state index contributed by atoms with van der Waals surface area (Å²) in [6.07, 6.45) is 8.06. The molecule has 2 aromatic heterocycles. The number of aromatic nitrogens is 2. The SMILES string of the molecule is C=N/C(=C\C=C/C)c1cc(-c2ccc(OCCCOC(=O)C(=C)C)cc2)cc(-c2ccccn2)n1. The first-order chi connectivity index (χ1) is 17.0. The molecule has 178 valence electrons. The zero-order valence-corrected chi connectivity index (χ0v) is 20.1. The predicted molar refractivity (Wildman–Crippen MR) is 141 cm³/mol. The maximum absolute atomic E-state index is 11.4. The molecule has 0 atom stereocenters. The van der Waals surface area contributed by atoms with Crippen molar-refractivity contribution < 1.29 is 14.3 Å². The molecule has 0 spiro atoms. The Labute approximate surface area is 206 Å². The molecule has 0 saturated carbocycles. The van der Waals surface area contributed by atoms with Gasteiger partial charge in [0.15, 0.2) is 0 Å². The Balaban J connectivity index is 1.80. The van der Waals surface area contributed by atoms with Gasteiger partial charge in [0.1, 0.15) is 5.75 Å². The van der Waals surface area contributed by atoms with E-state index in [1.54, 1.807) is 13.1 Å². The molecule has 0 unspecified atom stereocenters. The molecule has 0 amide bonds. The molecule has 35 heavy (non-hydrogen) atoms. The molecule has 3 rings (SSSR count). The van der Waals surface area contributed by atoms with Gasteiger partial charge in [-0.25, -0.2) is 9.78 Å². The van der Waals surface area contributed by atoms with Crippen LogP contribution in [0.25, 0.3) is 28.2 Å². The van der Waals surface area contributed by atoms with Gasteiger partial charge in [-0.1, -0.05) is 36.9 Å². The zero-order valence-electron chi connectivity index (χ0n) is 20.1. The molecule has 0 radical (unpaired) electrons. The first-order valence-corrected chi connectivity index (χ1v) is 11.3. The zero-order chi connectivity index (χ0) is 25.0. The van der Waals surface area contributed by atoms with Crippen LogP contribution in [0.2, 0.25) is 0 Å². The molecule has 6 nitrogen and oxygen atoms in total. The molecule has 0 bridgehead atoms. The van der Waals surface area contributed by atoms with E-state index in [9.17, 15) is 4.79 Å². The summed E-state index contributed by atoms with van der Waals surface area (Å²) < 4.78 is 10.9. The van der Waals surface area contributed by atoms with Gasteiger partial charge in [-0.3, -0.25) is 9.98 Å². The second-order valence-electron chi connectivity index (χ2n) is 7.72. The lowest BCUT2D eigenvalue weighted by atomic mass is 10.0. The molecule has 0 aliphatic carbocycles. The van der Waals surface area contributed by atoms with E-state index in [2.05, 4.69) is 23.3 Å². The smallest absolute Gasteiger partial charge is 0.333 e. The number of aliphatic imine (C=N–C) groups is 1. The number of carbonyl (C=O) groups excluding carboxylic acids is 1. The van der Waals surface area contributed by atoms with Crippen LogP contribution in [0.3, 0.4) is 0 Å². The molecule has 1 aromatic carbocycles. The average Bonchev–Trinajstić information content (AvgIpc) is 2.89. The van der Waals surface area contributed by atoms with Gasteiger partial charge in [0, 0.05) is 18.2 Å². The van der Waals surface area contributed by atoms with E-state index >= 15 is 0 Å². The summed E-state index contributed by atoms with van der Waals surface area (Å²) in [5.74, 6) is 0.354. The Morgan fingerprint density at radius 3 is 2.51 bits per heavy atom. The highest BCUT2D eigenvalue weighted by Gasteiger charge is 2.11. The highest BCUT2D eigenvalue weighted by molar-refractivity contribution is 5.86. The van der Waals surface area contributed by atoms with Crippen molar-refractivity contribution in [1.82, 2.24) is 9.97 Å². The molecule has 0 N–H and O–H groups in total. The maximum Gasteiger partial charge on any atom is 0.333 e. The normalized spacial score (nSPS) is 11.3. The van der Waals surface area contributed by atoms with Crippen molar-refractivity contribution in [1.29, 1.82) is 0 Å². The van der Waals surface area contributed by atoms with Gasteiger partial charge in [0.05, 0.1) is 36.0 Å². The fraction of sp³-hybridized carbons (Fsp3) is 0.172. The van der Waals surface area contributed by atoms with E-state index in [1.807, 2.05) is 79.7 Å². The molecular weight excluding hydrogens is 438 g/mol. The Bertz CT molecular complexity index is 1230. The molecule has 0 aliphatic heterocycles. The fourth-order valence-electron chi connectivity index (χ4n) is 3.16. The van der Waals surface area contributed by atoms with Gasteiger partial charge in [0.25, 0.3) is 0 Å². The number of hydrogen-bond acceptors (Lipinski definition) is 6. The van der Waals surface area contributed by atoms with Crippen molar-refractivity contribution >= 4 is 18.4 Å². The summed E-state index contributed by atoms with van der Waals surface area (Å²) in [6, 6.07) is 17.6. The molecular formula is C29H29N3O3. The van der Waals surface area contributed by atoms with Gasteiger partial charge in [-0.05, 0) is 74.2 Å². The van der Waals surface area contributed by atoms with Gasteiger partial charge in [0.2, 0.25) is 0 Å². The van der Waals surface area contributed by atoms with Crippen molar-refractivity contribution in [2.75, 3.05) is 13.2 Å². The lowest BCUT2D eigenvalue weighted by Crippen LogP contribution is -2.09. The highest BCUT2D eigenvalue weighted by atomic mass is 16.5. The quantitative estimate of drug-likeness (QED) is 0.109. The first kappa shape index (κ1) is 25.3. The van der Waals surface area contributed by atoms with Crippen LogP contribution >= 0.6 is 0 Å². The number of ether oxygens (including phenoxy) is 2. The van der Waals surface area contributed by atoms with Crippen LogP contribution < -0.4 is 4.74 Å². The average molecular weight is 468 g/mol. The van der Waals surface area contributed by atoms with Crippen LogP contribution in [0.5, 0.6) is 5.75 Å². The van der Waals surface area contributed by atoms with Crippen LogP contribution in [0.15, 0.2) is 96.2 Å². The van der Waals surface area contributed by atoms with Gasteiger partial charge in [-0.2, -0.15) is 0 Å². The monoisotopic (exact) mass is 467 g/mol. The maximum atomic E-state index is 11.4. The second kappa shape index (κ2) is 12.8. The molecule has 3 aromatic rings. The molecule has 0 fully saturated rings. The lowest BCUT2D eigenvalue weighted by molar-refractivity contribution is -0.139. The van der Waals surface area contributed by atoms with Crippen molar-refractivity contribution in [3.05, 3.63) is 96.9 Å². The second-order valence-corrected chi connectivity index (χ2v) is 7.72. The number of esters is 1. The number of rotatable bonds is 11. The summed E-state index contributed by atoms with van der Waals surface area (Å²) >= 11 is 0. The number of carbonyl (C=O) groups is 1. The van der Waals surface area contributed by atoms with Crippen LogP contribution in [-0.2, 0) is 9.53 Å². The third-order valence-corrected chi connectivity index (χ3v) is 4.96. The van der Waals surface area contributed by atoms with Crippen molar-refractivity contribution in [3.8, 4) is 28.3 Å². The van der Waals surface area contributed by atoms with Crippen LogP contribution in [-0.4, -0.2) is 35.9 Å². The summed E-state index contributed by atoms with van der Waals surface area (Å²) in [5.41, 5.74) is 5.28. The summed E-state index contributed by atoms with van der Waals surface area (Å²) in [7, 11) is 0. The Morgan fingerprint density at radius 1 is 1.06 bits per heavy atom. The number of benzene rings is 1. The Kier molecular flexibility index (Phi) is 9.25. The molecule has 0 saturated heterocycles. The van der Waals surface area contributed by atoms with Crippen molar-refractivity contribution in [2.24, 2.45) is 4.99 Å². The Morgan fingerprint density at radius 2 is 1.86 bits per heavy atom. The van der Waals surface area contributed by atoms with Gasteiger partial charge < -0.3 is 9.47 Å². The standard InChI is InChI=1S/C29H29N3O3/c1-5-6-10-25(30-4)27-19-23(20-28(32-27)26-11-7-8-16-31-26)22-12-14-24(15-13-22)34-17-9-18-35-29(33)21(2)3/h5-8,10-16,19-20H,2,4,9,17-18H2,1,3H3/b6-5-,25-10-. The van der Waals surface area contributed by atoms with Crippen molar-refractivity contribution in [2.45, 2.75) is 20.3 Å². The predicted octanol–water partition coefficient (Wildman–Crippen LogP) is 6.32. The van der Waals surface area contributed by atoms with Crippen LogP contribution in [0, 0.1) is 0 Å². The summed E-state index contributed by atoms with van der Waals surface area (Å²) in [4.78, 5) is 24.8.